The van der Waals surface area contributed by atoms with E-state index in [-0.39, 0.29) is 6.41 Å². The van der Waals surface area contributed by atoms with Gasteiger partial charge in [-0.3, -0.25) is 14.8 Å². The smallest absolute Gasteiger partial charge is 0.273 e. The highest BCUT2D eigenvalue weighted by Crippen LogP contribution is 2.08. The van der Waals surface area contributed by atoms with Gasteiger partial charge in [-0.2, -0.15) is 0 Å². The van der Waals surface area contributed by atoms with Crippen LogP contribution in [-0.2, 0) is 4.79 Å². The molecule has 4 rings (SSSR count). The number of benzene rings is 2. The maximum Gasteiger partial charge on any atom is 0.274 e. The Kier molecular flexibility index (Phi) is 6.71. The second-order valence-corrected chi connectivity index (χ2v) is 4.60. The molecule has 0 atom stereocenters. The molecule has 0 unspecified atom stereocenters. The van der Waals surface area contributed by atoms with Gasteiger partial charge in [0.1, 0.15) is 0 Å². The lowest BCUT2D eigenvalue weighted by Gasteiger charge is -1.91. The summed E-state index contributed by atoms with van der Waals surface area (Å²) in [5, 5.41) is 4.20. The molecule has 0 bridgehead atoms. The van der Waals surface area contributed by atoms with Gasteiger partial charge in [0.05, 0.1) is 11.0 Å². The summed E-state index contributed by atoms with van der Waals surface area (Å²) < 4.78 is 0. The molecular formula is C19H15N3O2. The molecule has 0 fully saturated rings. The van der Waals surface area contributed by atoms with Gasteiger partial charge in [-0.15, -0.1) is 4.91 Å². The number of fused-ring (bicyclic) bond motifs is 2. The van der Waals surface area contributed by atoms with Gasteiger partial charge in [0.25, 0.3) is 6.41 Å². The maximum absolute atomic E-state index is 8.69. The van der Waals surface area contributed by atoms with Crippen LogP contribution in [-0.4, -0.2) is 16.4 Å². The number of hydrogen-bond acceptors (Lipinski definition) is 4. The number of pyridine rings is 2. The van der Waals surface area contributed by atoms with E-state index in [1.807, 2.05) is 60.9 Å². The molecule has 24 heavy (non-hydrogen) atoms. The highest BCUT2D eigenvalue weighted by Gasteiger charge is 1.87. The van der Waals surface area contributed by atoms with Crippen LogP contribution in [0.15, 0.2) is 90.4 Å². The van der Waals surface area contributed by atoms with Crippen molar-refractivity contribution in [2.24, 2.45) is 5.18 Å². The van der Waals surface area contributed by atoms with Crippen molar-refractivity contribution in [3.05, 3.63) is 90.1 Å². The van der Waals surface area contributed by atoms with E-state index in [4.69, 9.17) is 9.70 Å². The molecule has 0 aliphatic carbocycles. The molecule has 4 aromatic rings. The third-order valence-corrected chi connectivity index (χ3v) is 3.07. The minimum atomic E-state index is -0.0556. The Balaban J connectivity index is 0.000000143. The third-order valence-electron chi connectivity index (χ3n) is 3.07. The van der Waals surface area contributed by atoms with Crippen LogP contribution < -0.4 is 0 Å². The second kappa shape index (κ2) is 9.53. The summed E-state index contributed by atoms with van der Waals surface area (Å²) in [7, 11) is 0. The lowest BCUT2D eigenvalue weighted by Crippen LogP contribution is -1.73. The Morgan fingerprint density at radius 3 is 1.42 bits per heavy atom. The molecule has 0 spiro atoms. The van der Waals surface area contributed by atoms with Gasteiger partial charge >= 0.3 is 0 Å². The van der Waals surface area contributed by atoms with Crippen molar-refractivity contribution in [2.45, 2.75) is 0 Å². The fourth-order valence-corrected chi connectivity index (χ4v) is 2.03. The van der Waals surface area contributed by atoms with E-state index in [9.17, 15) is 0 Å². The van der Waals surface area contributed by atoms with Crippen LogP contribution in [0, 0.1) is 4.91 Å². The first-order valence-electron chi connectivity index (χ1n) is 7.21. The molecule has 5 heteroatoms. The second-order valence-electron chi connectivity index (χ2n) is 4.60. The van der Waals surface area contributed by atoms with E-state index in [2.05, 4.69) is 34.2 Å². The molecule has 0 N–H and O–H groups in total. The Morgan fingerprint density at radius 1 is 0.667 bits per heavy atom. The fourth-order valence-electron chi connectivity index (χ4n) is 2.03. The number of hydrogen-bond donors (Lipinski definition) is 0. The van der Waals surface area contributed by atoms with E-state index in [1.165, 1.54) is 10.8 Å². The lowest BCUT2D eigenvalue weighted by atomic mass is 10.2. The Bertz CT molecular complexity index is 718. The molecule has 0 radical (unpaired) electrons. The summed E-state index contributed by atoms with van der Waals surface area (Å²) in [5.74, 6) is 0. The lowest BCUT2D eigenvalue weighted by molar-refractivity contribution is -0.106. The number of para-hydroxylation sites is 2. The summed E-state index contributed by atoms with van der Waals surface area (Å²) in [5.41, 5.74) is 2.12. The summed E-state index contributed by atoms with van der Waals surface area (Å²) in [6.07, 6.45) is 3.56. The molecule has 0 aliphatic heterocycles. The minimum absolute atomic E-state index is 0.0556. The van der Waals surface area contributed by atoms with Crippen molar-refractivity contribution in [2.75, 3.05) is 0 Å². The standard InChI is InChI=1S/2C9H7N.CHNO2/c2*1-2-6-9-8(4-1)5-3-7-10-9;3-1-2-4/h2*1-7H;1H. The molecule has 0 saturated heterocycles. The number of rotatable bonds is 1. The molecule has 2 heterocycles. The van der Waals surface area contributed by atoms with Crippen LogP contribution in [0.4, 0.5) is 0 Å². The average Bonchev–Trinajstić information content (AvgIpc) is 2.69. The first-order valence-corrected chi connectivity index (χ1v) is 7.21. The summed E-state index contributed by atoms with van der Waals surface area (Å²) >= 11 is 0. The van der Waals surface area contributed by atoms with Gasteiger partial charge in [-0.05, 0) is 24.3 Å². The van der Waals surface area contributed by atoms with Crippen LogP contribution >= 0.6 is 0 Å². The van der Waals surface area contributed by atoms with E-state index in [0.29, 0.717) is 0 Å². The number of nitroso groups, excluding NO2 is 1. The molecule has 5 nitrogen and oxygen atoms in total. The van der Waals surface area contributed by atoms with E-state index >= 15 is 0 Å². The predicted molar refractivity (Wildman–Crippen MR) is 95.3 cm³/mol. The first-order chi connectivity index (χ1) is 11.8. The summed E-state index contributed by atoms with van der Waals surface area (Å²) in [6.45, 7) is 0. The molecule has 2 aromatic carbocycles. The van der Waals surface area contributed by atoms with Crippen molar-refractivity contribution in [3.63, 3.8) is 0 Å². The van der Waals surface area contributed by atoms with Crippen molar-refractivity contribution < 1.29 is 4.79 Å². The monoisotopic (exact) mass is 317 g/mol. The zero-order valence-electron chi connectivity index (χ0n) is 12.8. The van der Waals surface area contributed by atoms with Gasteiger partial charge < -0.3 is 0 Å². The number of carbonyl (C=O) groups is 1. The van der Waals surface area contributed by atoms with Crippen molar-refractivity contribution in [3.8, 4) is 0 Å². The van der Waals surface area contributed by atoms with Crippen LogP contribution in [0.25, 0.3) is 21.8 Å². The number of nitrogens with zero attached hydrogens (tertiary/aromatic N) is 3. The predicted octanol–water partition coefficient (Wildman–Crippen LogP) is 4.38. The van der Waals surface area contributed by atoms with E-state index in [0.717, 1.165) is 11.0 Å². The third kappa shape index (κ3) is 5.06. The Morgan fingerprint density at radius 2 is 1.04 bits per heavy atom. The fraction of sp³-hybridized carbons (Fsp3) is 0. The molecule has 118 valence electrons. The van der Waals surface area contributed by atoms with Gasteiger partial charge in [0, 0.05) is 28.3 Å². The largest absolute Gasteiger partial charge is 0.274 e. The van der Waals surface area contributed by atoms with Crippen LogP contribution in [0.5, 0.6) is 0 Å². The normalized spacial score (nSPS) is 9.17. The zero-order chi connectivity index (χ0) is 17.0. The minimum Gasteiger partial charge on any atom is -0.273 e. The zero-order valence-corrected chi connectivity index (χ0v) is 12.8. The Hall–Kier alpha value is -3.47. The topological polar surface area (TPSA) is 72.3 Å². The highest BCUT2D eigenvalue weighted by molar-refractivity contribution is 5.78. The van der Waals surface area contributed by atoms with Gasteiger partial charge in [-0.25, -0.2) is 0 Å². The number of amides is 1. The number of aromatic nitrogens is 2. The molecule has 0 saturated carbocycles. The highest BCUT2D eigenvalue weighted by atomic mass is 16.3. The van der Waals surface area contributed by atoms with Crippen molar-refractivity contribution in [1.82, 2.24) is 9.97 Å². The van der Waals surface area contributed by atoms with Crippen LogP contribution in [0.1, 0.15) is 0 Å². The summed E-state index contributed by atoms with van der Waals surface area (Å²) in [4.78, 5) is 25.6. The molecular weight excluding hydrogens is 302 g/mol. The number of carbonyl (C=O) groups excluding carboxylic acids is 1. The first kappa shape index (κ1) is 16.9. The van der Waals surface area contributed by atoms with Crippen molar-refractivity contribution >= 4 is 28.2 Å². The van der Waals surface area contributed by atoms with Gasteiger partial charge in [-0.1, -0.05) is 48.5 Å². The van der Waals surface area contributed by atoms with E-state index < -0.39 is 0 Å². The molecule has 0 aliphatic rings. The van der Waals surface area contributed by atoms with Crippen LogP contribution in [0.3, 0.4) is 0 Å². The van der Waals surface area contributed by atoms with E-state index in [1.54, 1.807) is 5.18 Å². The van der Waals surface area contributed by atoms with Crippen LogP contribution in [0.2, 0.25) is 0 Å². The molecule has 1 amide bonds. The van der Waals surface area contributed by atoms with Gasteiger partial charge in [0.15, 0.2) is 0 Å². The Labute approximate surface area is 139 Å². The molecule has 2 aromatic heterocycles. The average molecular weight is 317 g/mol. The maximum atomic E-state index is 8.69. The van der Waals surface area contributed by atoms with Crippen molar-refractivity contribution in [1.29, 1.82) is 0 Å². The quantitative estimate of drug-likeness (QED) is 0.386. The van der Waals surface area contributed by atoms with Gasteiger partial charge in [0.2, 0.25) is 0 Å². The summed E-state index contributed by atoms with van der Waals surface area (Å²) in [6, 6.07) is 24.2. The SMILES string of the molecule is O=CN=O.c1ccc2ncccc2c1.c1ccc2ncccc2c1.